The van der Waals surface area contributed by atoms with E-state index in [0.29, 0.717) is 25.8 Å². The summed E-state index contributed by atoms with van der Waals surface area (Å²) in [4.78, 5) is 12.0. The van der Waals surface area contributed by atoms with Gasteiger partial charge in [0, 0.05) is 25.6 Å². The van der Waals surface area contributed by atoms with E-state index < -0.39 is 33.9 Å². The highest BCUT2D eigenvalue weighted by Crippen LogP contribution is 2.41. The second-order valence-electron chi connectivity index (χ2n) is 5.90. The fraction of sp³-hybridized carbons (Fsp3) is 0.923. The number of rotatable bonds is 4. The molecule has 0 aromatic heterocycles. The van der Waals surface area contributed by atoms with Crippen molar-refractivity contribution in [2.75, 3.05) is 25.4 Å². The lowest BCUT2D eigenvalue weighted by Crippen LogP contribution is -2.44. The maximum absolute atomic E-state index is 13.0. The van der Waals surface area contributed by atoms with Gasteiger partial charge < -0.3 is 5.32 Å². The van der Waals surface area contributed by atoms with Crippen molar-refractivity contribution in [3.63, 3.8) is 0 Å². The van der Waals surface area contributed by atoms with Crippen LogP contribution in [0, 0.1) is 11.8 Å². The number of carbonyl (C=O) groups is 1. The summed E-state index contributed by atoms with van der Waals surface area (Å²) in [6.45, 7) is 0.587. The molecular weight excluding hydrogens is 321 g/mol. The molecule has 1 amide bonds. The van der Waals surface area contributed by atoms with Gasteiger partial charge in [-0.15, -0.1) is 0 Å². The molecular formula is C13H21F3N2O3S. The number of hydrogen-bond acceptors (Lipinski definition) is 3. The normalized spacial score (nSPS) is 29.4. The SMILES string of the molecule is O=C(NCCN1CCCS1(=O)=O)[C@H]1CCCC[C@@H]1C(F)(F)F. The van der Waals surface area contributed by atoms with Crippen molar-refractivity contribution < 1.29 is 26.4 Å². The van der Waals surface area contributed by atoms with E-state index in [1.54, 1.807) is 0 Å². The summed E-state index contributed by atoms with van der Waals surface area (Å²) in [7, 11) is -3.24. The first-order chi connectivity index (χ1) is 10.2. The Morgan fingerprint density at radius 3 is 2.45 bits per heavy atom. The van der Waals surface area contributed by atoms with E-state index in [1.807, 2.05) is 0 Å². The largest absolute Gasteiger partial charge is 0.392 e. The van der Waals surface area contributed by atoms with Gasteiger partial charge >= 0.3 is 6.18 Å². The monoisotopic (exact) mass is 342 g/mol. The van der Waals surface area contributed by atoms with Crippen molar-refractivity contribution >= 4 is 15.9 Å². The minimum atomic E-state index is -4.36. The number of nitrogens with zero attached hydrogens (tertiary/aromatic N) is 1. The number of carbonyl (C=O) groups excluding carboxylic acids is 1. The van der Waals surface area contributed by atoms with Crippen LogP contribution in [0.2, 0.25) is 0 Å². The second-order valence-corrected chi connectivity index (χ2v) is 7.99. The summed E-state index contributed by atoms with van der Waals surface area (Å²) < 4.78 is 63.3. The van der Waals surface area contributed by atoms with Gasteiger partial charge in [-0.2, -0.15) is 13.2 Å². The van der Waals surface area contributed by atoms with Crippen LogP contribution in [0.4, 0.5) is 13.2 Å². The average molecular weight is 342 g/mol. The van der Waals surface area contributed by atoms with Crippen LogP contribution < -0.4 is 5.32 Å². The molecule has 1 heterocycles. The molecule has 1 aliphatic carbocycles. The van der Waals surface area contributed by atoms with Gasteiger partial charge in [0.1, 0.15) is 0 Å². The predicted octanol–water partition coefficient (Wildman–Crippen LogP) is 1.51. The molecule has 128 valence electrons. The molecule has 0 aromatic carbocycles. The fourth-order valence-corrected chi connectivity index (χ4v) is 4.74. The summed E-state index contributed by atoms with van der Waals surface area (Å²) >= 11 is 0. The third kappa shape index (κ3) is 4.13. The lowest BCUT2D eigenvalue weighted by atomic mass is 9.78. The highest BCUT2D eigenvalue weighted by Gasteiger charge is 2.47. The first kappa shape index (κ1) is 17.5. The zero-order valence-corrected chi connectivity index (χ0v) is 13.0. The minimum Gasteiger partial charge on any atom is -0.355 e. The Morgan fingerprint density at radius 1 is 1.18 bits per heavy atom. The van der Waals surface area contributed by atoms with Crippen molar-refractivity contribution in [1.82, 2.24) is 9.62 Å². The van der Waals surface area contributed by atoms with Gasteiger partial charge in [-0.1, -0.05) is 12.8 Å². The topological polar surface area (TPSA) is 66.5 Å². The highest BCUT2D eigenvalue weighted by atomic mass is 32.2. The maximum atomic E-state index is 13.0. The van der Waals surface area contributed by atoms with Crippen LogP contribution in [0.5, 0.6) is 0 Å². The molecule has 0 aromatic rings. The van der Waals surface area contributed by atoms with E-state index in [2.05, 4.69) is 5.32 Å². The number of amides is 1. The molecule has 1 saturated heterocycles. The lowest BCUT2D eigenvalue weighted by molar-refractivity contribution is -0.198. The third-order valence-electron chi connectivity index (χ3n) is 4.39. The van der Waals surface area contributed by atoms with Gasteiger partial charge in [0.15, 0.2) is 0 Å². The van der Waals surface area contributed by atoms with Crippen molar-refractivity contribution in [2.45, 2.75) is 38.3 Å². The standard InChI is InChI=1S/C13H21F3N2O3S/c14-13(15,16)11-5-2-1-4-10(11)12(19)17-6-8-18-7-3-9-22(18,20)21/h10-11H,1-9H2,(H,17,19)/t10-,11-/m0/s1. The van der Waals surface area contributed by atoms with Crippen LogP contribution >= 0.6 is 0 Å². The van der Waals surface area contributed by atoms with Gasteiger partial charge in [-0.3, -0.25) is 4.79 Å². The van der Waals surface area contributed by atoms with Gasteiger partial charge in [0.25, 0.3) is 0 Å². The third-order valence-corrected chi connectivity index (χ3v) is 6.34. The van der Waals surface area contributed by atoms with E-state index in [1.165, 1.54) is 4.31 Å². The van der Waals surface area contributed by atoms with E-state index in [9.17, 15) is 26.4 Å². The van der Waals surface area contributed by atoms with Gasteiger partial charge in [0.2, 0.25) is 15.9 Å². The first-order valence-electron chi connectivity index (χ1n) is 7.54. The van der Waals surface area contributed by atoms with E-state index in [-0.39, 0.29) is 31.7 Å². The molecule has 2 rings (SSSR count). The zero-order valence-electron chi connectivity index (χ0n) is 12.2. The zero-order chi connectivity index (χ0) is 16.4. The predicted molar refractivity (Wildman–Crippen MR) is 74.5 cm³/mol. The number of halogens is 3. The van der Waals surface area contributed by atoms with Crippen LogP contribution in [0.15, 0.2) is 0 Å². The molecule has 0 spiro atoms. The molecule has 1 saturated carbocycles. The molecule has 0 bridgehead atoms. The van der Waals surface area contributed by atoms with E-state index >= 15 is 0 Å². The molecule has 1 aliphatic heterocycles. The van der Waals surface area contributed by atoms with Crippen LogP contribution in [-0.2, 0) is 14.8 Å². The lowest BCUT2D eigenvalue weighted by Gasteiger charge is -2.32. The van der Waals surface area contributed by atoms with Crippen LogP contribution in [0.1, 0.15) is 32.1 Å². The Morgan fingerprint density at radius 2 is 1.86 bits per heavy atom. The molecule has 9 heteroatoms. The smallest absolute Gasteiger partial charge is 0.355 e. The van der Waals surface area contributed by atoms with E-state index in [0.717, 1.165) is 0 Å². The number of alkyl halides is 3. The Labute approximate surface area is 128 Å². The Hall–Kier alpha value is -0.830. The molecule has 2 aliphatic rings. The van der Waals surface area contributed by atoms with Gasteiger partial charge in [-0.05, 0) is 19.3 Å². The summed E-state index contributed by atoms with van der Waals surface area (Å²) in [5, 5.41) is 2.47. The Bertz CT molecular complexity index is 507. The van der Waals surface area contributed by atoms with Crippen molar-refractivity contribution in [3.05, 3.63) is 0 Å². The molecule has 2 fully saturated rings. The highest BCUT2D eigenvalue weighted by molar-refractivity contribution is 7.89. The quantitative estimate of drug-likeness (QED) is 0.842. The summed E-state index contributed by atoms with van der Waals surface area (Å²) in [5.41, 5.74) is 0. The molecule has 0 radical (unpaired) electrons. The maximum Gasteiger partial charge on any atom is 0.392 e. The van der Waals surface area contributed by atoms with Crippen molar-refractivity contribution in [2.24, 2.45) is 11.8 Å². The summed E-state index contributed by atoms with van der Waals surface area (Å²) in [6.07, 6.45) is -2.49. The minimum absolute atomic E-state index is 0.0118. The van der Waals surface area contributed by atoms with Gasteiger partial charge in [0.05, 0.1) is 11.7 Å². The molecule has 22 heavy (non-hydrogen) atoms. The van der Waals surface area contributed by atoms with Crippen molar-refractivity contribution in [3.8, 4) is 0 Å². The molecule has 2 atom stereocenters. The summed E-state index contributed by atoms with van der Waals surface area (Å²) in [6, 6.07) is 0. The average Bonchev–Trinajstić information content (AvgIpc) is 2.77. The van der Waals surface area contributed by atoms with Crippen molar-refractivity contribution in [1.29, 1.82) is 0 Å². The van der Waals surface area contributed by atoms with E-state index in [4.69, 9.17) is 0 Å². The first-order valence-corrected chi connectivity index (χ1v) is 9.15. The van der Waals surface area contributed by atoms with Crippen LogP contribution in [0.25, 0.3) is 0 Å². The van der Waals surface area contributed by atoms with Crippen LogP contribution in [-0.4, -0.2) is 50.2 Å². The molecule has 5 nitrogen and oxygen atoms in total. The summed E-state index contributed by atoms with van der Waals surface area (Å²) in [5.74, 6) is -3.15. The Kier molecular flexibility index (Phi) is 5.37. The molecule has 0 unspecified atom stereocenters. The van der Waals surface area contributed by atoms with Gasteiger partial charge in [-0.25, -0.2) is 12.7 Å². The number of hydrogen-bond donors (Lipinski definition) is 1. The Balaban J connectivity index is 1.86. The molecule has 1 N–H and O–H groups in total. The van der Waals surface area contributed by atoms with Crippen LogP contribution in [0.3, 0.4) is 0 Å². The second kappa shape index (κ2) is 6.74. The number of sulfonamides is 1. The fourth-order valence-electron chi connectivity index (χ4n) is 3.21. The number of nitrogens with one attached hydrogen (secondary N) is 1.